The summed E-state index contributed by atoms with van der Waals surface area (Å²) in [5.74, 6) is 1.48. The molecule has 19 heavy (non-hydrogen) atoms. The molecule has 0 radical (unpaired) electrons. The molecule has 1 aliphatic carbocycles. The van der Waals surface area contributed by atoms with E-state index in [1.165, 1.54) is 11.1 Å². The minimum Gasteiger partial charge on any atom is -0.493 e. The van der Waals surface area contributed by atoms with Crippen LogP contribution in [0.3, 0.4) is 0 Å². The first-order valence-corrected chi connectivity index (χ1v) is 7.86. The molecule has 4 heteroatoms. The molecule has 1 saturated carbocycles. The number of fused-ring (bicyclic) bond motifs is 1. The van der Waals surface area contributed by atoms with Gasteiger partial charge in [-0.3, -0.25) is 0 Å². The third-order valence-electron chi connectivity index (χ3n) is 4.17. The summed E-state index contributed by atoms with van der Waals surface area (Å²) in [5, 5.41) is 13.3. The number of benzene rings is 1. The van der Waals surface area contributed by atoms with E-state index in [9.17, 15) is 5.11 Å². The Balaban J connectivity index is 1.61. The normalized spacial score (nSPS) is 25.4. The van der Waals surface area contributed by atoms with Crippen molar-refractivity contribution in [3.8, 4) is 5.75 Å². The minimum absolute atomic E-state index is 0.114. The van der Waals surface area contributed by atoms with Gasteiger partial charge in [0.05, 0.1) is 12.7 Å². The molecule has 2 aliphatic rings. The fraction of sp³-hybridized carbons (Fsp3) is 0.600. The number of ether oxygens (including phenoxy) is 1. The van der Waals surface area contributed by atoms with E-state index < -0.39 is 0 Å². The Bertz CT molecular complexity index is 464. The Morgan fingerprint density at radius 1 is 1.37 bits per heavy atom. The molecule has 2 atom stereocenters. The summed E-state index contributed by atoms with van der Waals surface area (Å²) in [6.45, 7) is 2.49. The summed E-state index contributed by atoms with van der Waals surface area (Å²) in [5.41, 5.74) is 2.52. The van der Waals surface area contributed by atoms with E-state index in [-0.39, 0.29) is 6.10 Å². The molecule has 2 N–H and O–H groups in total. The second kappa shape index (κ2) is 5.81. The Hall–Kier alpha value is -0.580. The van der Waals surface area contributed by atoms with Gasteiger partial charge in [-0.25, -0.2) is 0 Å². The molecule has 1 fully saturated rings. The zero-order valence-electron chi connectivity index (χ0n) is 11.0. The van der Waals surface area contributed by atoms with Gasteiger partial charge in [-0.15, -0.1) is 0 Å². The molecule has 1 aromatic rings. The zero-order chi connectivity index (χ0) is 13.2. The topological polar surface area (TPSA) is 41.5 Å². The van der Waals surface area contributed by atoms with Crippen molar-refractivity contribution < 1.29 is 9.84 Å². The van der Waals surface area contributed by atoms with Gasteiger partial charge < -0.3 is 15.2 Å². The highest BCUT2D eigenvalue weighted by molar-refractivity contribution is 9.10. The molecule has 0 bridgehead atoms. The van der Waals surface area contributed by atoms with Gasteiger partial charge in [0.15, 0.2) is 0 Å². The lowest BCUT2D eigenvalue weighted by atomic mass is 10.1. The van der Waals surface area contributed by atoms with Crippen molar-refractivity contribution in [3.63, 3.8) is 0 Å². The average molecular weight is 326 g/mol. The Morgan fingerprint density at radius 3 is 3.05 bits per heavy atom. The largest absolute Gasteiger partial charge is 0.493 e. The predicted molar refractivity (Wildman–Crippen MR) is 78.4 cm³/mol. The van der Waals surface area contributed by atoms with Crippen LogP contribution < -0.4 is 10.1 Å². The van der Waals surface area contributed by atoms with Gasteiger partial charge in [-0.1, -0.05) is 22.4 Å². The van der Waals surface area contributed by atoms with Crippen molar-refractivity contribution in [2.45, 2.75) is 38.3 Å². The van der Waals surface area contributed by atoms with Gasteiger partial charge >= 0.3 is 0 Å². The molecule has 104 valence electrons. The number of halogens is 1. The molecule has 1 aliphatic heterocycles. The van der Waals surface area contributed by atoms with E-state index in [2.05, 4.69) is 33.4 Å². The zero-order valence-corrected chi connectivity index (χ0v) is 12.6. The number of aliphatic hydroxyl groups is 1. The summed E-state index contributed by atoms with van der Waals surface area (Å²) >= 11 is 3.56. The molecule has 1 aromatic carbocycles. The summed E-state index contributed by atoms with van der Waals surface area (Å²) in [4.78, 5) is 0. The van der Waals surface area contributed by atoms with E-state index in [0.717, 1.165) is 55.6 Å². The SMILES string of the molecule is OC1CCCC1CNCc1cc(Br)cc2c1OCC2. The molecule has 0 saturated heterocycles. The third kappa shape index (κ3) is 2.96. The summed E-state index contributed by atoms with van der Waals surface area (Å²) in [7, 11) is 0. The third-order valence-corrected chi connectivity index (χ3v) is 4.62. The van der Waals surface area contributed by atoms with Crippen molar-refractivity contribution in [2.24, 2.45) is 5.92 Å². The smallest absolute Gasteiger partial charge is 0.127 e. The molecule has 0 amide bonds. The second-order valence-electron chi connectivity index (χ2n) is 5.54. The standard InChI is InChI=1S/C15H20BrNO2/c16-13-6-10-4-5-19-15(10)12(7-13)9-17-8-11-2-1-3-14(11)18/h6-7,11,14,17-18H,1-5,8-9H2. The number of hydrogen-bond donors (Lipinski definition) is 2. The number of nitrogens with one attached hydrogen (secondary N) is 1. The van der Waals surface area contributed by atoms with Gasteiger partial charge in [0.1, 0.15) is 5.75 Å². The fourth-order valence-electron chi connectivity index (χ4n) is 3.12. The molecule has 3 nitrogen and oxygen atoms in total. The fourth-order valence-corrected chi connectivity index (χ4v) is 3.68. The van der Waals surface area contributed by atoms with Crippen molar-refractivity contribution >= 4 is 15.9 Å². The molecule has 1 heterocycles. The summed E-state index contributed by atoms with van der Waals surface area (Å²) in [6, 6.07) is 4.27. The maximum absolute atomic E-state index is 9.81. The Morgan fingerprint density at radius 2 is 2.26 bits per heavy atom. The summed E-state index contributed by atoms with van der Waals surface area (Å²) in [6.07, 6.45) is 4.15. The molecular weight excluding hydrogens is 306 g/mol. The van der Waals surface area contributed by atoms with Crippen LogP contribution in [0.15, 0.2) is 16.6 Å². The van der Waals surface area contributed by atoms with Crippen LogP contribution >= 0.6 is 15.9 Å². The molecule has 0 spiro atoms. The quantitative estimate of drug-likeness (QED) is 0.894. The lowest BCUT2D eigenvalue weighted by Gasteiger charge is -2.16. The molecular formula is C15H20BrNO2. The minimum atomic E-state index is -0.114. The van der Waals surface area contributed by atoms with Crippen LogP contribution in [0.25, 0.3) is 0 Å². The highest BCUT2D eigenvalue weighted by atomic mass is 79.9. The van der Waals surface area contributed by atoms with Crippen LogP contribution in [0.1, 0.15) is 30.4 Å². The predicted octanol–water partition coefficient (Wildman–Crippen LogP) is 2.63. The van der Waals surface area contributed by atoms with Gasteiger partial charge in [-0.05, 0) is 36.5 Å². The maximum atomic E-state index is 9.81. The van der Waals surface area contributed by atoms with Gasteiger partial charge in [0, 0.05) is 29.5 Å². The monoisotopic (exact) mass is 325 g/mol. The van der Waals surface area contributed by atoms with Crippen molar-refractivity contribution in [1.82, 2.24) is 5.32 Å². The van der Waals surface area contributed by atoms with Crippen LogP contribution in [-0.4, -0.2) is 24.4 Å². The number of aliphatic hydroxyl groups excluding tert-OH is 1. The van der Waals surface area contributed by atoms with Crippen LogP contribution in [0.5, 0.6) is 5.75 Å². The first-order valence-electron chi connectivity index (χ1n) is 7.07. The van der Waals surface area contributed by atoms with Crippen LogP contribution in [0.4, 0.5) is 0 Å². The second-order valence-corrected chi connectivity index (χ2v) is 6.46. The van der Waals surface area contributed by atoms with Crippen molar-refractivity contribution in [2.75, 3.05) is 13.2 Å². The molecule has 3 rings (SSSR count). The van der Waals surface area contributed by atoms with E-state index in [1.807, 2.05) is 0 Å². The Labute approximate surface area is 122 Å². The van der Waals surface area contributed by atoms with Crippen LogP contribution in [-0.2, 0) is 13.0 Å². The Kier molecular flexibility index (Phi) is 4.10. The first kappa shape index (κ1) is 13.4. The van der Waals surface area contributed by atoms with Gasteiger partial charge in [0.2, 0.25) is 0 Å². The van der Waals surface area contributed by atoms with Gasteiger partial charge in [0.25, 0.3) is 0 Å². The highest BCUT2D eigenvalue weighted by Crippen LogP contribution is 2.33. The van der Waals surface area contributed by atoms with E-state index in [4.69, 9.17) is 4.74 Å². The molecule has 2 unspecified atom stereocenters. The first-order chi connectivity index (χ1) is 9.24. The lowest BCUT2D eigenvalue weighted by molar-refractivity contribution is 0.131. The number of rotatable bonds is 4. The number of hydrogen-bond acceptors (Lipinski definition) is 3. The van der Waals surface area contributed by atoms with Crippen LogP contribution in [0.2, 0.25) is 0 Å². The summed E-state index contributed by atoms with van der Waals surface area (Å²) < 4.78 is 6.84. The van der Waals surface area contributed by atoms with Crippen LogP contribution in [0, 0.1) is 5.92 Å². The maximum Gasteiger partial charge on any atom is 0.127 e. The van der Waals surface area contributed by atoms with Crippen molar-refractivity contribution in [3.05, 3.63) is 27.7 Å². The lowest BCUT2D eigenvalue weighted by Crippen LogP contribution is -2.27. The van der Waals surface area contributed by atoms with E-state index in [0.29, 0.717) is 5.92 Å². The molecule has 0 aromatic heterocycles. The van der Waals surface area contributed by atoms with E-state index >= 15 is 0 Å². The van der Waals surface area contributed by atoms with Crippen molar-refractivity contribution in [1.29, 1.82) is 0 Å². The average Bonchev–Trinajstić information content (AvgIpc) is 2.98. The van der Waals surface area contributed by atoms with Gasteiger partial charge in [-0.2, -0.15) is 0 Å². The van der Waals surface area contributed by atoms with E-state index in [1.54, 1.807) is 0 Å². The highest BCUT2D eigenvalue weighted by Gasteiger charge is 2.25.